The van der Waals surface area contributed by atoms with Gasteiger partial charge in [-0.1, -0.05) is 29.3 Å². The van der Waals surface area contributed by atoms with Crippen molar-refractivity contribution in [2.24, 2.45) is 0 Å². The lowest BCUT2D eigenvalue weighted by molar-refractivity contribution is -0.139. The average molecular weight is 315 g/mol. The number of hydrogen-bond acceptors (Lipinski definition) is 2. The van der Waals surface area contributed by atoms with Crippen LogP contribution in [0.3, 0.4) is 0 Å². The summed E-state index contributed by atoms with van der Waals surface area (Å²) >= 11 is 0. The minimum absolute atomic E-state index is 0.0894. The Morgan fingerprint density at radius 1 is 1.09 bits per heavy atom. The Labute approximate surface area is 134 Å². The number of carbonyl (C=O) groups is 2. The number of benzene rings is 2. The predicted octanol–water partition coefficient (Wildman–Crippen LogP) is 2.87. The summed E-state index contributed by atoms with van der Waals surface area (Å²) in [6.45, 7) is 3.74. The van der Waals surface area contributed by atoms with E-state index in [1.807, 2.05) is 19.9 Å². The molecule has 2 aromatic rings. The fourth-order valence-electron chi connectivity index (χ4n) is 2.40. The van der Waals surface area contributed by atoms with E-state index in [0.29, 0.717) is 11.1 Å². The number of carboxylic acid groups (broad SMARTS) is 1. The smallest absolute Gasteiger partial charge is 0.326 e. The van der Waals surface area contributed by atoms with Crippen molar-refractivity contribution in [3.63, 3.8) is 0 Å². The third-order valence-electron chi connectivity index (χ3n) is 3.44. The minimum Gasteiger partial charge on any atom is -0.480 e. The molecule has 0 bridgehead atoms. The zero-order valence-electron chi connectivity index (χ0n) is 13.0. The van der Waals surface area contributed by atoms with Gasteiger partial charge >= 0.3 is 5.97 Å². The molecule has 0 saturated carbocycles. The Bertz CT molecular complexity index is 705. The van der Waals surface area contributed by atoms with Gasteiger partial charge in [-0.3, -0.25) is 4.79 Å². The maximum absolute atomic E-state index is 12.9. The summed E-state index contributed by atoms with van der Waals surface area (Å²) < 4.78 is 12.9. The number of carboxylic acids is 1. The van der Waals surface area contributed by atoms with E-state index in [9.17, 15) is 19.1 Å². The van der Waals surface area contributed by atoms with Gasteiger partial charge in [0.25, 0.3) is 5.91 Å². The van der Waals surface area contributed by atoms with Crippen molar-refractivity contribution < 1.29 is 19.1 Å². The van der Waals surface area contributed by atoms with E-state index < -0.39 is 17.9 Å². The van der Waals surface area contributed by atoms with E-state index in [2.05, 4.69) is 5.32 Å². The van der Waals surface area contributed by atoms with E-state index in [4.69, 9.17) is 0 Å². The second kappa shape index (κ2) is 7.05. The number of hydrogen-bond donors (Lipinski definition) is 2. The van der Waals surface area contributed by atoms with Crippen molar-refractivity contribution in [1.82, 2.24) is 5.32 Å². The molecule has 23 heavy (non-hydrogen) atoms. The maximum Gasteiger partial charge on any atom is 0.326 e. The van der Waals surface area contributed by atoms with E-state index in [1.54, 1.807) is 12.1 Å². The van der Waals surface area contributed by atoms with Crippen LogP contribution in [0.25, 0.3) is 0 Å². The molecule has 0 aromatic heterocycles. The van der Waals surface area contributed by atoms with Crippen LogP contribution < -0.4 is 5.32 Å². The first-order valence-corrected chi connectivity index (χ1v) is 7.21. The second-order valence-corrected chi connectivity index (χ2v) is 5.57. The lowest BCUT2D eigenvalue weighted by Gasteiger charge is -2.15. The van der Waals surface area contributed by atoms with Gasteiger partial charge in [-0.05, 0) is 43.7 Å². The van der Waals surface area contributed by atoms with Crippen molar-refractivity contribution in [3.05, 3.63) is 70.5 Å². The standard InChI is InChI=1S/C18H18FNO3/c1-11-7-12(2)9-14(8-11)17(21)20-16(18(22)23)10-13-3-5-15(19)6-4-13/h3-9,16H,10H2,1-2H3,(H,20,21)(H,22,23)/t16-/m0/s1. The second-order valence-electron chi connectivity index (χ2n) is 5.57. The van der Waals surface area contributed by atoms with Gasteiger partial charge in [-0.25, -0.2) is 9.18 Å². The molecule has 120 valence electrons. The molecule has 0 aliphatic rings. The fraction of sp³-hybridized carbons (Fsp3) is 0.222. The largest absolute Gasteiger partial charge is 0.480 e. The van der Waals surface area contributed by atoms with Crippen LogP contribution in [0.5, 0.6) is 0 Å². The molecule has 5 heteroatoms. The normalized spacial score (nSPS) is 11.8. The molecule has 0 aliphatic carbocycles. The molecular formula is C18H18FNO3. The number of rotatable bonds is 5. The van der Waals surface area contributed by atoms with Gasteiger partial charge < -0.3 is 10.4 Å². The van der Waals surface area contributed by atoms with Gasteiger partial charge in [0.1, 0.15) is 11.9 Å². The molecule has 0 fully saturated rings. The molecule has 0 radical (unpaired) electrons. The van der Waals surface area contributed by atoms with E-state index in [-0.39, 0.29) is 12.2 Å². The molecule has 2 aromatic carbocycles. The first-order valence-electron chi connectivity index (χ1n) is 7.21. The molecule has 4 nitrogen and oxygen atoms in total. The zero-order chi connectivity index (χ0) is 17.0. The third kappa shape index (κ3) is 4.64. The molecule has 2 N–H and O–H groups in total. The topological polar surface area (TPSA) is 66.4 Å². The molecule has 0 heterocycles. The lowest BCUT2D eigenvalue weighted by atomic mass is 10.0. The summed E-state index contributed by atoms with van der Waals surface area (Å²) in [6, 6.07) is 9.82. The first-order chi connectivity index (χ1) is 10.8. The summed E-state index contributed by atoms with van der Waals surface area (Å²) in [7, 11) is 0. The Morgan fingerprint density at radius 3 is 2.17 bits per heavy atom. The van der Waals surface area contributed by atoms with Gasteiger partial charge in [0, 0.05) is 12.0 Å². The summed E-state index contributed by atoms with van der Waals surface area (Å²) in [4.78, 5) is 23.7. The summed E-state index contributed by atoms with van der Waals surface area (Å²) in [5.74, 6) is -1.96. The van der Waals surface area contributed by atoms with Crippen LogP contribution >= 0.6 is 0 Å². The zero-order valence-corrected chi connectivity index (χ0v) is 13.0. The van der Waals surface area contributed by atoms with Gasteiger partial charge in [0.15, 0.2) is 0 Å². The number of amides is 1. The number of halogens is 1. The lowest BCUT2D eigenvalue weighted by Crippen LogP contribution is -2.42. The van der Waals surface area contributed by atoms with Crippen LogP contribution in [0.1, 0.15) is 27.0 Å². The van der Waals surface area contributed by atoms with E-state index in [1.165, 1.54) is 24.3 Å². The van der Waals surface area contributed by atoms with Crippen molar-refractivity contribution in [2.45, 2.75) is 26.3 Å². The molecule has 0 aliphatic heterocycles. The Hall–Kier alpha value is -2.69. The van der Waals surface area contributed by atoms with Crippen LogP contribution in [-0.4, -0.2) is 23.0 Å². The van der Waals surface area contributed by atoms with Gasteiger partial charge in [0.05, 0.1) is 0 Å². The predicted molar refractivity (Wildman–Crippen MR) is 84.9 cm³/mol. The fourth-order valence-corrected chi connectivity index (χ4v) is 2.40. The molecule has 0 unspecified atom stereocenters. The molecule has 1 amide bonds. The van der Waals surface area contributed by atoms with Crippen molar-refractivity contribution >= 4 is 11.9 Å². The average Bonchev–Trinajstić information content (AvgIpc) is 2.47. The highest BCUT2D eigenvalue weighted by Gasteiger charge is 2.21. The highest BCUT2D eigenvalue weighted by Crippen LogP contribution is 2.11. The molecule has 0 spiro atoms. The Morgan fingerprint density at radius 2 is 1.65 bits per heavy atom. The van der Waals surface area contributed by atoms with Crippen molar-refractivity contribution in [3.8, 4) is 0 Å². The SMILES string of the molecule is Cc1cc(C)cc(C(=O)N[C@@H](Cc2ccc(F)cc2)C(=O)O)c1. The van der Waals surface area contributed by atoms with Gasteiger partial charge in [-0.2, -0.15) is 0 Å². The Balaban J connectivity index is 2.14. The van der Waals surface area contributed by atoms with Gasteiger partial charge in [0.2, 0.25) is 0 Å². The summed E-state index contributed by atoms with van der Waals surface area (Å²) in [5.41, 5.74) is 2.92. The number of nitrogens with one attached hydrogen (secondary N) is 1. The molecule has 1 atom stereocenters. The van der Waals surface area contributed by atoms with Crippen molar-refractivity contribution in [2.75, 3.05) is 0 Å². The number of carbonyl (C=O) groups excluding carboxylic acids is 1. The molecular weight excluding hydrogens is 297 g/mol. The number of aliphatic carboxylic acids is 1. The number of aryl methyl sites for hydroxylation is 2. The highest BCUT2D eigenvalue weighted by atomic mass is 19.1. The van der Waals surface area contributed by atoms with Crippen LogP contribution in [0, 0.1) is 19.7 Å². The van der Waals surface area contributed by atoms with E-state index in [0.717, 1.165) is 11.1 Å². The van der Waals surface area contributed by atoms with Crippen LogP contribution in [-0.2, 0) is 11.2 Å². The highest BCUT2D eigenvalue weighted by molar-refractivity contribution is 5.97. The molecule has 0 saturated heterocycles. The summed E-state index contributed by atoms with van der Waals surface area (Å²) in [6.07, 6.45) is 0.0894. The summed E-state index contributed by atoms with van der Waals surface area (Å²) in [5, 5.41) is 11.8. The maximum atomic E-state index is 12.9. The van der Waals surface area contributed by atoms with Crippen LogP contribution in [0.15, 0.2) is 42.5 Å². The van der Waals surface area contributed by atoms with Crippen LogP contribution in [0.4, 0.5) is 4.39 Å². The minimum atomic E-state index is -1.13. The van der Waals surface area contributed by atoms with E-state index >= 15 is 0 Å². The Kier molecular flexibility index (Phi) is 5.11. The molecule has 2 rings (SSSR count). The first kappa shape index (κ1) is 16.7. The van der Waals surface area contributed by atoms with Gasteiger partial charge in [-0.15, -0.1) is 0 Å². The monoisotopic (exact) mass is 315 g/mol. The third-order valence-corrected chi connectivity index (χ3v) is 3.44. The van der Waals surface area contributed by atoms with Crippen LogP contribution in [0.2, 0.25) is 0 Å². The quantitative estimate of drug-likeness (QED) is 0.891. The van der Waals surface area contributed by atoms with Crippen molar-refractivity contribution in [1.29, 1.82) is 0 Å².